The summed E-state index contributed by atoms with van der Waals surface area (Å²) in [4.78, 5) is 0. The largest absolute Gasteiger partial charge is 0.297 e. The predicted octanol–water partition coefficient (Wildman–Crippen LogP) is 4.12. The predicted molar refractivity (Wildman–Crippen MR) is 86.6 cm³/mol. The van der Waals surface area contributed by atoms with E-state index in [1.54, 1.807) is 0 Å². The van der Waals surface area contributed by atoms with Gasteiger partial charge < -0.3 is 0 Å². The van der Waals surface area contributed by atoms with Crippen molar-refractivity contribution in [2.75, 3.05) is 0 Å². The first-order valence-corrected chi connectivity index (χ1v) is 8.53. The van der Waals surface area contributed by atoms with Gasteiger partial charge in [0.2, 0.25) is 0 Å². The molecule has 1 aliphatic carbocycles. The molecule has 0 spiro atoms. The fourth-order valence-electron chi connectivity index (χ4n) is 2.97. The number of nitriles is 1. The highest BCUT2D eigenvalue weighted by atomic mass is 32.2. The molecule has 2 unspecified atom stereocenters. The third-order valence-corrected chi connectivity index (χ3v) is 5.19. The quantitative estimate of drug-likeness (QED) is 0.885. The zero-order valence-corrected chi connectivity index (χ0v) is 13.2. The molecule has 0 heterocycles. The minimum Gasteiger partial charge on any atom is -0.297 e. The van der Waals surface area contributed by atoms with Gasteiger partial charge in [0.15, 0.2) is 0 Å². The molecule has 2 nitrogen and oxygen atoms in total. The van der Waals surface area contributed by atoms with E-state index in [1.807, 2.05) is 11.8 Å². The van der Waals surface area contributed by atoms with Gasteiger partial charge in [-0.05, 0) is 45.1 Å². The molecule has 0 bridgehead atoms. The van der Waals surface area contributed by atoms with Gasteiger partial charge in [-0.1, -0.05) is 30.3 Å². The molecule has 108 valence electrons. The Morgan fingerprint density at radius 3 is 2.80 bits per heavy atom. The van der Waals surface area contributed by atoms with Crippen LogP contribution in [0.25, 0.3) is 0 Å². The lowest BCUT2D eigenvalue weighted by atomic mass is 9.82. The molecule has 1 aromatic rings. The van der Waals surface area contributed by atoms with Crippen molar-refractivity contribution in [2.24, 2.45) is 0 Å². The van der Waals surface area contributed by atoms with Crippen molar-refractivity contribution in [1.82, 2.24) is 5.32 Å². The van der Waals surface area contributed by atoms with E-state index in [-0.39, 0.29) is 5.54 Å². The molecule has 3 heteroatoms. The second-order valence-corrected chi connectivity index (χ2v) is 7.30. The minimum absolute atomic E-state index is 0.305. The molecule has 1 saturated carbocycles. The van der Waals surface area contributed by atoms with Gasteiger partial charge in [-0.25, -0.2) is 0 Å². The third-order valence-electron chi connectivity index (χ3n) is 3.81. The fourth-order valence-corrected chi connectivity index (χ4v) is 4.33. The van der Waals surface area contributed by atoms with Crippen LogP contribution in [0.1, 0.15) is 45.1 Å². The lowest BCUT2D eigenvalue weighted by Crippen LogP contribution is -2.51. The van der Waals surface area contributed by atoms with E-state index < -0.39 is 0 Å². The summed E-state index contributed by atoms with van der Waals surface area (Å²) in [7, 11) is 0. The molecular weight excluding hydrogens is 264 g/mol. The average molecular weight is 288 g/mol. The van der Waals surface area contributed by atoms with E-state index in [1.165, 1.54) is 12.0 Å². The number of benzene rings is 1. The van der Waals surface area contributed by atoms with Gasteiger partial charge in [-0.2, -0.15) is 17.0 Å². The van der Waals surface area contributed by atoms with Crippen LogP contribution in [-0.2, 0) is 5.75 Å². The summed E-state index contributed by atoms with van der Waals surface area (Å²) in [5, 5.41) is 13.7. The number of rotatable bonds is 5. The molecule has 0 aliphatic heterocycles. The Bertz CT molecular complexity index is 452. The van der Waals surface area contributed by atoms with E-state index in [0.717, 1.165) is 25.0 Å². The van der Waals surface area contributed by atoms with Crippen LogP contribution in [-0.4, -0.2) is 16.8 Å². The normalized spacial score (nSPS) is 26.4. The first-order chi connectivity index (χ1) is 9.63. The molecule has 20 heavy (non-hydrogen) atoms. The SMILES string of the molecule is CC(C)NC1(C#N)CCCC(SCc2ccccc2)C1. The Morgan fingerprint density at radius 1 is 1.40 bits per heavy atom. The summed E-state index contributed by atoms with van der Waals surface area (Å²) in [6.45, 7) is 4.25. The van der Waals surface area contributed by atoms with Crippen LogP contribution < -0.4 is 5.32 Å². The third kappa shape index (κ3) is 4.26. The van der Waals surface area contributed by atoms with Crippen molar-refractivity contribution in [3.63, 3.8) is 0 Å². The summed E-state index contributed by atoms with van der Waals surface area (Å²) >= 11 is 2.00. The van der Waals surface area contributed by atoms with Crippen molar-refractivity contribution in [3.8, 4) is 6.07 Å². The monoisotopic (exact) mass is 288 g/mol. The number of hydrogen-bond acceptors (Lipinski definition) is 3. The van der Waals surface area contributed by atoms with Gasteiger partial charge in [0.25, 0.3) is 0 Å². The van der Waals surface area contributed by atoms with Crippen molar-refractivity contribution in [3.05, 3.63) is 35.9 Å². The Hall–Kier alpha value is -0.980. The summed E-state index contributed by atoms with van der Waals surface area (Å²) in [6, 6.07) is 13.5. The second-order valence-electron chi connectivity index (χ2n) is 6.01. The molecular formula is C17H24N2S. The molecule has 0 aromatic heterocycles. The highest BCUT2D eigenvalue weighted by molar-refractivity contribution is 7.99. The van der Waals surface area contributed by atoms with Gasteiger partial charge in [0.1, 0.15) is 5.54 Å². The van der Waals surface area contributed by atoms with Crippen LogP contribution in [0.15, 0.2) is 30.3 Å². The highest BCUT2D eigenvalue weighted by Gasteiger charge is 2.36. The van der Waals surface area contributed by atoms with Crippen LogP contribution in [0.5, 0.6) is 0 Å². The number of nitrogens with zero attached hydrogens (tertiary/aromatic N) is 1. The van der Waals surface area contributed by atoms with Crippen LogP contribution in [0.3, 0.4) is 0 Å². The lowest BCUT2D eigenvalue weighted by molar-refractivity contribution is 0.284. The Kier molecular flexibility index (Phi) is 5.51. The maximum absolute atomic E-state index is 9.57. The van der Waals surface area contributed by atoms with Gasteiger partial charge in [0.05, 0.1) is 6.07 Å². The van der Waals surface area contributed by atoms with Crippen LogP contribution in [0.4, 0.5) is 0 Å². The molecule has 1 aliphatic rings. The van der Waals surface area contributed by atoms with Crippen LogP contribution in [0, 0.1) is 11.3 Å². The molecule has 1 aromatic carbocycles. The zero-order valence-electron chi connectivity index (χ0n) is 12.4. The topological polar surface area (TPSA) is 35.8 Å². The van der Waals surface area contributed by atoms with Gasteiger partial charge in [-0.15, -0.1) is 0 Å². The highest BCUT2D eigenvalue weighted by Crippen LogP contribution is 2.36. The molecule has 0 amide bonds. The minimum atomic E-state index is -0.305. The van der Waals surface area contributed by atoms with Gasteiger partial charge in [0, 0.05) is 17.0 Å². The Morgan fingerprint density at radius 2 is 2.15 bits per heavy atom. The Balaban J connectivity index is 1.91. The van der Waals surface area contributed by atoms with Gasteiger partial charge in [-0.3, -0.25) is 5.32 Å². The van der Waals surface area contributed by atoms with Crippen molar-refractivity contribution in [1.29, 1.82) is 5.26 Å². The van der Waals surface area contributed by atoms with Gasteiger partial charge >= 0.3 is 0 Å². The van der Waals surface area contributed by atoms with Crippen LogP contribution in [0.2, 0.25) is 0 Å². The molecule has 1 fully saturated rings. The number of nitrogens with one attached hydrogen (secondary N) is 1. The van der Waals surface area contributed by atoms with E-state index in [4.69, 9.17) is 0 Å². The average Bonchev–Trinajstić information content (AvgIpc) is 2.46. The first kappa shape index (κ1) is 15.4. The smallest absolute Gasteiger partial charge is 0.108 e. The molecule has 0 radical (unpaired) electrons. The van der Waals surface area contributed by atoms with Crippen LogP contribution >= 0.6 is 11.8 Å². The molecule has 2 rings (SSSR count). The van der Waals surface area contributed by atoms with Crippen molar-refractivity contribution in [2.45, 2.75) is 62.1 Å². The summed E-state index contributed by atoms with van der Waals surface area (Å²) in [5.74, 6) is 1.05. The van der Waals surface area contributed by atoms with E-state index in [9.17, 15) is 5.26 Å². The van der Waals surface area contributed by atoms with E-state index >= 15 is 0 Å². The van der Waals surface area contributed by atoms with E-state index in [0.29, 0.717) is 11.3 Å². The Labute approximate surface area is 127 Å². The number of hydrogen-bond donors (Lipinski definition) is 1. The molecule has 2 atom stereocenters. The summed E-state index contributed by atoms with van der Waals surface area (Å²) < 4.78 is 0. The molecule has 1 N–H and O–H groups in total. The van der Waals surface area contributed by atoms with Crippen molar-refractivity contribution >= 4 is 11.8 Å². The summed E-state index contributed by atoms with van der Waals surface area (Å²) in [6.07, 6.45) is 4.35. The first-order valence-electron chi connectivity index (χ1n) is 7.48. The number of thioether (sulfide) groups is 1. The fraction of sp³-hybridized carbons (Fsp3) is 0.588. The standard InChI is InChI=1S/C17H24N2S/c1-14(2)19-17(13-18)10-6-9-16(11-17)20-12-15-7-4-3-5-8-15/h3-5,7-8,14,16,19H,6,9-12H2,1-2H3. The maximum atomic E-state index is 9.57. The zero-order chi connectivity index (χ0) is 14.4. The van der Waals surface area contributed by atoms with E-state index in [2.05, 4.69) is 55.6 Å². The molecule has 0 saturated heterocycles. The lowest BCUT2D eigenvalue weighted by Gasteiger charge is -2.37. The maximum Gasteiger partial charge on any atom is 0.108 e. The summed E-state index contributed by atoms with van der Waals surface area (Å²) in [5.41, 5.74) is 1.07. The second kappa shape index (κ2) is 7.15. The van der Waals surface area contributed by atoms with Crippen molar-refractivity contribution < 1.29 is 0 Å².